The second-order valence-electron chi connectivity index (χ2n) is 6.45. The Balaban J connectivity index is 2.17. The number of piperidine rings is 1. The van der Waals surface area contributed by atoms with Gasteiger partial charge in [-0.2, -0.15) is 0 Å². The van der Waals surface area contributed by atoms with E-state index in [1.807, 2.05) is 6.20 Å². The lowest BCUT2D eigenvalue weighted by Crippen LogP contribution is -2.57. The van der Waals surface area contributed by atoms with Crippen LogP contribution < -0.4 is 15.5 Å². The van der Waals surface area contributed by atoms with Crippen molar-refractivity contribution in [2.75, 3.05) is 27.6 Å². The summed E-state index contributed by atoms with van der Waals surface area (Å²) in [7, 11) is 3.14. The van der Waals surface area contributed by atoms with Gasteiger partial charge < -0.3 is 24.1 Å². The Kier molecular flexibility index (Phi) is 4.83. The number of pyridine rings is 1. The van der Waals surface area contributed by atoms with Gasteiger partial charge in [-0.25, -0.2) is 0 Å². The van der Waals surface area contributed by atoms with Crippen LogP contribution in [0.2, 0.25) is 0 Å². The minimum atomic E-state index is -0.259. The molecule has 0 aliphatic carbocycles. The van der Waals surface area contributed by atoms with Gasteiger partial charge in [0.2, 0.25) is 5.43 Å². The predicted octanol–water partition coefficient (Wildman–Crippen LogP) is 2.05. The summed E-state index contributed by atoms with van der Waals surface area (Å²) in [5.74, 6) is 0.353. The van der Waals surface area contributed by atoms with Crippen molar-refractivity contribution >= 4 is 15.9 Å². The van der Waals surface area contributed by atoms with Crippen LogP contribution in [0.15, 0.2) is 15.5 Å². The molecule has 0 saturated carbocycles. The largest absolute Gasteiger partial charge is 0.491 e. The van der Waals surface area contributed by atoms with E-state index < -0.39 is 0 Å². The molecule has 1 fully saturated rings. The SMILES string of the molecule is COCOC1c2c(OC)c(=O)c(Br)cn2C[C@@H]2NCCC[C@]12C. The van der Waals surface area contributed by atoms with Gasteiger partial charge in [-0.15, -0.1) is 0 Å². The molecule has 0 bridgehead atoms. The topological polar surface area (TPSA) is 61.7 Å². The molecule has 2 aliphatic rings. The Morgan fingerprint density at radius 2 is 2.26 bits per heavy atom. The van der Waals surface area contributed by atoms with Gasteiger partial charge in [-0.3, -0.25) is 4.79 Å². The van der Waals surface area contributed by atoms with Crippen LogP contribution in [0.5, 0.6) is 5.75 Å². The molecule has 3 rings (SSSR count). The van der Waals surface area contributed by atoms with Crippen LogP contribution >= 0.6 is 15.9 Å². The maximum Gasteiger partial charge on any atom is 0.237 e. The van der Waals surface area contributed by atoms with E-state index in [1.54, 1.807) is 7.11 Å². The lowest BCUT2D eigenvalue weighted by Gasteiger charge is -2.51. The highest BCUT2D eigenvalue weighted by molar-refractivity contribution is 9.10. The highest BCUT2D eigenvalue weighted by Gasteiger charge is 2.50. The number of methoxy groups -OCH3 is 2. The summed E-state index contributed by atoms with van der Waals surface area (Å²) in [6.45, 7) is 4.19. The molecule has 1 aromatic rings. The summed E-state index contributed by atoms with van der Waals surface area (Å²) in [4.78, 5) is 12.5. The molecule has 1 N–H and O–H groups in total. The molecule has 7 heteroatoms. The molecule has 3 heterocycles. The zero-order valence-corrected chi connectivity index (χ0v) is 15.3. The standard InChI is InChI=1S/C16H23BrN2O4/c1-16-5-4-6-18-11(16)8-19-7-10(17)13(20)14(22-3)12(19)15(16)23-9-21-2/h7,11,15,18H,4-6,8-9H2,1-3H3/t11-,15?,16-/m0/s1. The average Bonchev–Trinajstić information content (AvgIpc) is 2.53. The molecule has 0 spiro atoms. The number of nitrogens with one attached hydrogen (secondary N) is 1. The Morgan fingerprint density at radius 1 is 1.48 bits per heavy atom. The van der Waals surface area contributed by atoms with Gasteiger partial charge in [0.25, 0.3) is 0 Å². The molecule has 2 aliphatic heterocycles. The number of aromatic nitrogens is 1. The normalized spacial score (nSPS) is 29.7. The first kappa shape index (κ1) is 17.0. The first-order valence-corrected chi connectivity index (χ1v) is 8.63. The quantitative estimate of drug-likeness (QED) is 0.802. The average molecular weight is 387 g/mol. The van der Waals surface area contributed by atoms with E-state index in [9.17, 15) is 4.79 Å². The summed E-state index contributed by atoms with van der Waals surface area (Å²) in [5.41, 5.74) is 0.556. The van der Waals surface area contributed by atoms with E-state index in [4.69, 9.17) is 14.2 Å². The van der Waals surface area contributed by atoms with Gasteiger partial charge in [0.05, 0.1) is 17.3 Å². The van der Waals surface area contributed by atoms with E-state index in [1.165, 1.54) is 7.11 Å². The summed E-state index contributed by atoms with van der Waals surface area (Å²) in [6, 6.07) is 0.282. The third-order valence-electron chi connectivity index (χ3n) is 5.10. The smallest absolute Gasteiger partial charge is 0.237 e. The van der Waals surface area contributed by atoms with Crippen LogP contribution in [-0.4, -0.2) is 38.2 Å². The first-order valence-electron chi connectivity index (χ1n) is 7.83. The zero-order chi connectivity index (χ0) is 16.6. The molecule has 128 valence electrons. The van der Waals surface area contributed by atoms with Gasteiger partial charge >= 0.3 is 0 Å². The highest BCUT2D eigenvalue weighted by Crippen LogP contribution is 2.50. The van der Waals surface area contributed by atoms with Crippen molar-refractivity contribution < 1.29 is 14.2 Å². The maximum atomic E-state index is 12.5. The molecule has 0 aromatic carbocycles. The van der Waals surface area contributed by atoms with Gasteiger partial charge in [0, 0.05) is 31.3 Å². The maximum absolute atomic E-state index is 12.5. The van der Waals surface area contributed by atoms with Crippen LogP contribution in [0.4, 0.5) is 0 Å². The fourth-order valence-corrected chi connectivity index (χ4v) is 4.32. The van der Waals surface area contributed by atoms with Crippen molar-refractivity contribution in [2.24, 2.45) is 5.41 Å². The third kappa shape index (κ3) is 2.73. The highest BCUT2D eigenvalue weighted by atomic mass is 79.9. The van der Waals surface area contributed by atoms with Crippen molar-refractivity contribution in [1.29, 1.82) is 0 Å². The number of halogens is 1. The van der Waals surface area contributed by atoms with E-state index in [0.29, 0.717) is 10.2 Å². The molecule has 0 radical (unpaired) electrons. The Hall–Kier alpha value is -0.890. The molecule has 1 unspecified atom stereocenters. The Labute approximate surface area is 144 Å². The fraction of sp³-hybridized carbons (Fsp3) is 0.688. The van der Waals surface area contributed by atoms with Crippen LogP contribution in [0.3, 0.4) is 0 Å². The minimum absolute atomic E-state index is 0.107. The van der Waals surface area contributed by atoms with Gasteiger partial charge in [-0.05, 0) is 35.3 Å². The van der Waals surface area contributed by atoms with Crippen molar-refractivity contribution in [1.82, 2.24) is 9.88 Å². The summed E-state index contributed by atoms with van der Waals surface area (Å²) >= 11 is 3.34. The zero-order valence-electron chi connectivity index (χ0n) is 13.7. The molecule has 1 aromatic heterocycles. The van der Waals surface area contributed by atoms with Gasteiger partial charge in [0.15, 0.2) is 5.75 Å². The minimum Gasteiger partial charge on any atom is -0.491 e. The monoisotopic (exact) mass is 386 g/mol. The van der Waals surface area contributed by atoms with Crippen molar-refractivity contribution in [3.8, 4) is 5.75 Å². The number of rotatable bonds is 4. The number of ether oxygens (including phenoxy) is 3. The number of hydrogen-bond donors (Lipinski definition) is 1. The molecule has 3 atom stereocenters. The second-order valence-corrected chi connectivity index (χ2v) is 7.30. The fourth-order valence-electron chi connectivity index (χ4n) is 3.89. The van der Waals surface area contributed by atoms with E-state index >= 15 is 0 Å². The van der Waals surface area contributed by atoms with E-state index in [0.717, 1.165) is 31.6 Å². The van der Waals surface area contributed by atoms with Crippen LogP contribution in [0.1, 0.15) is 31.6 Å². The lowest BCUT2D eigenvalue weighted by atomic mass is 9.68. The predicted molar refractivity (Wildman–Crippen MR) is 89.8 cm³/mol. The molecular weight excluding hydrogens is 364 g/mol. The Morgan fingerprint density at radius 3 is 2.96 bits per heavy atom. The summed E-state index contributed by atoms with van der Waals surface area (Å²) in [5, 5.41) is 3.60. The van der Waals surface area contributed by atoms with Crippen molar-refractivity contribution in [3.05, 3.63) is 26.6 Å². The van der Waals surface area contributed by atoms with Crippen LogP contribution in [0, 0.1) is 5.41 Å². The van der Waals surface area contributed by atoms with Gasteiger partial charge in [-0.1, -0.05) is 6.92 Å². The molecule has 23 heavy (non-hydrogen) atoms. The molecule has 6 nitrogen and oxygen atoms in total. The second kappa shape index (κ2) is 6.55. The first-order chi connectivity index (χ1) is 11.0. The molecular formula is C16H23BrN2O4. The van der Waals surface area contributed by atoms with E-state index in [2.05, 4.69) is 32.7 Å². The van der Waals surface area contributed by atoms with Crippen LogP contribution in [-0.2, 0) is 16.0 Å². The van der Waals surface area contributed by atoms with Gasteiger partial charge in [0.1, 0.15) is 12.9 Å². The summed E-state index contributed by atoms with van der Waals surface area (Å²) in [6.07, 6.45) is 3.69. The summed E-state index contributed by atoms with van der Waals surface area (Å²) < 4.78 is 19.2. The van der Waals surface area contributed by atoms with Crippen molar-refractivity contribution in [3.63, 3.8) is 0 Å². The number of hydrogen-bond acceptors (Lipinski definition) is 5. The molecule has 0 amide bonds. The van der Waals surface area contributed by atoms with Crippen LogP contribution in [0.25, 0.3) is 0 Å². The van der Waals surface area contributed by atoms with E-state index in [-0.39, 0.29) is 29.8 Å². The Bertz CT molecular complexity index is 648. The lowest BCUT2D eigenvalue weighted by molar-refractivity contribution is -0.146. The number of nitrogens with zero attached hydrogens (tertiary/aromatic N) is 1. The number of fused-ring (bicyclic) bond motifs is 2. The third-order valence-corrected chi connectivity index (χ3v) is 5.66. The van der Waals surface area contributed by atoms with Crippen molar-refractivity contribution in [2.45, 2.75) is 38.5 Å². The molecule has 1 saturated heterocycles.